The van der Waals surface area contributed by atoms with Gasteiger partial charge in [-0.3, -0.25) is 14.4 Å². The maximum atomic E-state index is 12.3. The SMILES string of the molecule is CC(C)N(CC(N)=O)C(=O)c1cccn1CC(=O)O. The van der Waals surface area contributed by atoms with Gasteiger partial charge in [-0.1, -0.05) is 0 Å². The number of aromatic nitrogens is 1. The average molecular weight is 267 g/mol. The first-order valence-corrected chi connectivity index (χ1v) is 5.79. The highest BCUT2D eigenvalue weighted by molar-refractivity contribution is 5.95. The van der Waals surface area contributed by atoms with Crippen LogP contribution in [-0.2, 0) is 16.1 Å². The number of rotatable bonds is 6. The molecular weight excluding hydrogens is 250 g/mol. The van der Waals surface area contributed by atoms with E-state index >= 15 is 0 Å². The van der Waals surface area contributed by atoms with Crippen molar-refractivity contribution in [3.8, 4) is 0 Å². The van der Waals surface area contributed by atoms with Crippen molar-refractivity contribution in [3.63, 3.8) is 0 Å². The van der Waals surface area contributed by atoms with Crippen LogP contribution in [0, 0.1) is 0 Å². The van der Waals surface area contributed by atoms with Gasteiger partial charge < -0.3 is 20.3 Å². The molecule has 0 atom stereocenters. The first kappa shape index (κ1) is 14.7. The molecule has 7 nitrogen and oxygen atoms in total. The number of hydrogen-bond acceptors (Lipinski definition) is 3. The Balaban J connectivity index is 2.99. The van der Waals surface area contributed by atoms with Crippen LogP contribution in [0.5, 0.6) is 0 Å². The van der Waals surface area contributed by atoms with E-state index in [0.29, 0.717) is 0 Å². The fourth-order valence-corrected chi connectivity index (χ4v) is 1.70. The molecule has 1 aromatic heterocycles. The Morgan fingerprint density at radius 2 is 2.05 bits per heavy atom. The minimum absolute atomic E-state index is 0.200. The number of primary amides is 1. The molecule has 104 valence electrons. The molecule has 0 saturated heterocycles. The normalized spacial score (nSPS) is 10.5. The molecule has 0 fully saturated rings. The van der Waals surface area contributed by atoms with Crippen LogP contribution < -0.4 is 5.73 Å². The van der Waals surface area contributed by atoms with Crippen molar-refractivity contribution in [2.75, 3.05) is 6.54 Å². The zero-order chi connectivity index (χ0) is 14.6. The summed E-state index contributed by atoms with van der Waals surface area (Å²) in [4.78, 5) is 35.3. The summed E-state index contributed by atoms with van der Waals surface area (Å²) in [6, 6.07) is 2.88. The lowest BCUT2D eigenvalue weighted by molar-refractivity contribution is -0.137. The van der Waals surface area contributed by atoms with E-state index in [-0.39, 0.29) is 24.8 Å². The lowest BCUT2D eigenvalue weighted by Gasteiger charge is -2.25. The standard InChI is InChI=1S/C12H17N3O4/c1-8(2)15(6-10(13)16)12(19)9-4-3-5-14(9)7-11(17)18/h3-5,8H,6-7H2,1-2H3,(H2,13,16)(H,17,18). The number of carbonyl (C=O) groups excluding carboxylic acids is 2. The average Bonchev–Trinajstić information content (AvgIpc) is 2.71. The maximum absolute atomic E-state index is 12.3. The highest BCUT2D eigenvalue weighted by atomic mass is 16.4. The molecule has 1 aromatic rings. The summed E-state index contributed by atoms with van der Waals surface area (Å²) >= 11 is 0. The zero-order valence-electron chi connectivity index (χ0n) is 10.9. The van der Waals surface area contributed by atoms with Crippen molar-refractivity contribution in [1.82, 2.24) is 9.47 Å². The second kappa shape index (κ2) is 6.03. The molecule has 1 rings (SSSR count). The number of amides is 2. The van der Waals surface area contributed by atoms with Gasteiger partial charge >= 0.3 is 5.97 Å². The Bertz CT molecular complexity index is 493. The lowest BCUT2D eigenvalue weighted by atomic mass is 10.2. The minimum Gasteiger partial charge on any atom is -0.480 e. The monoisotopic (exact) mass is 267 g/mol. The zero-order valence-corrected chi connectivity index (χ0v) is 10.9. The van der Waals surface area contributed by atoms with Gasteiger partial charge in [0.25, 0.3) is 5.91 Å². The van der Waals surface area contributed by atoms with Crippen molar-refractivity contribution < 1.29 is 19.5 Å². The van der Waals surface area contributed by atoms with Crippen LogP contribution in [0.4, 0.5) is 0 Å². The summed E-state index contributed by atoms with van der Waals surface area (Å²) in [7, 11) is 0. The highest BCUT2D eigenvalue weighted by Gasteiger charge is 2.23. The quantitative estimate of drug-likeness (QED) is 0.751. The molecule has 1 heterocycles. The Labute approximate surface area is 110 Å². The van der Waals surface area contributed by atoms with Gasteiger partial charge in [-0.05, 0) is 26.0 Å². The van der Waals surface area contributed by atoms with E-state index in [2.05, 4.69) is 0 Å². The Hall–Kier alpha value is -2.31. The van der Waals surface area contributed by atoms with Gasteiger partial charge in [-0.25, -0.2) is 0 Å². The summed E-state index contributed by atoms with van der Waals surface area (Å²) in [6.45, 7) is 3.00. The fourth-order valence-electron chi connectivity index (χ4n) is 1.70. The van der Waals surface area contributed by atoms with E-state index in [4.69, 9.17) is 10.8 Å². The van der Waals surface area contributed by atoms with Crippen molar-refractivity contribution in [2.24, 2.45) is 5.73 Å². The third-order valence-corrected chi connectivity index (χ3v) is 2.56. The van der Waals surface area contributed by atoms with Crippen molar-refractivity contribution in [1.29, 1.82) is 0 Å². The molecule has 19 heavy (non-hydrogen) atoms. The third-order valence-electron chi connectivity index (χ3n) is 2.56. The van der Waals surface area contributed by atoms with E-state index < -0.39 is 17.8 Å². The predicted octanol–water partition coefficient (Wildman–Crippen LogP) is -0.0914. The number of nitrogens with zero attached hydrogens (tertiary/aromatic N) is 2. The van der Waals surface area contributed by atoms with Crippen molar-refractivity contribution in [2.45, 2.75) is 26.4 Å². The predicted molar refractivity (Wildman–Crippen MR) is 67.4 cm³/mol. The van der Waals surface area contributed by atoms with E-state index in [1.165, 1.54) is 21.7 Å². The molecule has 0 radical (unpaired) electrons. The summed E-state index contributed by atoms with van der Waals surface area (Å²) in [6.07, 6.45) is 1.50. The maximum Gasteiger partial charge on any atom is 0.323 e. The van der Waals surface area contributed by atoms with E-state index in [1.807, 2.05) is 0 Å². The second-order valence-corrected chi connectivity index (χ2v) is 4.41. The Kier molecular flexibility index (Phi) is 4.68. The number of carboxylic acid groups (broad SMARTS) is 1. The molecule has 0 bridgehead atoms. The van der Waals surface area contributed by atoms with Crippen LogP contribution in [0.2, 0.25) is 0 Å². The van der Waals surface area contributed by atoms with Crippen LogP contribution in [0.1, 0.15) is 24.3 Å². The number of hydrogen-bond donors (Lipinski definition) is 2. The van der Waals surface area contributed by atoms with Gasteiger partial charge in [0.05, 0.1) is 6.54 Å². The van der Waals surface area contributed by atoms with Crippen molar-refractivity contribution in [3.05, 3.63) is 24.0 Å². The first-order valence-electron chi connectivity index (χ1n) is 5.79. The van der Waals surface area contributed by atoms with E-state index in [9.17, 15) is 14.4 Å². The third kappa shape index (κ3) is 3.84. The molecule has 0 aliphatic carbocycles. The second-order valence-electron chi connectivity index (χ2n) is 4.41. The Morgan fingerprint density at radius 3 is 2.53 bits per heavy atom. The van der Waals surface area contributed by atoms with E-state index in [0.717, 1.165) is 0 Å². The Morgan fingerprint density at radius 1 is 1.42 bits per heavy atom. The van der Waals surface area contributed by atoms with E-state index in [1.54, 1.807) is 19.9 Å². The van der Waals surface area contributed by atoms with Gasteiger partial charge in [0, 0.05) is 12.2 Å². The molecule has 0 aromatic carbocycles. The summed E-state index contributed by atoms with van der Waals surface area (Å²) in [5.41, 5.74) is 5.33. The summed E-state index contributed by atoms with van der Waals surface area (Å²) in [5.74, 6) is -2.07. The molecule has 0 aliphatic heterocycles. The van der Waals surface area contributed by atoms with Gasteiger partial charge in [-0.15, -0.1) is 0 Å². The summed E-state index contributed by atoms with van der Waals surface area (Å²) < 4.78 is 1.32. The largest absolute Gasteiger partial charge is 0.480 e. The molecule has 0 unspecified atom stereocenters. The molecule has 7 heteroatoms. The van der Waals surface area contributed by atoms with Crippen LogP contribution in [0.15, 0.2) is 18.3 Å². The van der Waals surface area contributed by atoms with Gasteiger partial charge in [-0.2, -0.15) is 0 Å². The molecular formula is C12H17N3O4. The molecule has 2 amide bonds. The van der Waals surface area contributed by atoms with Crippen LogP contribution in [0.3, 0.4) is 0 Å². The first-order chi connectivity index (χ1) is 8.82. The number of carboxylic acids is 1. The fraction of sp³-hybridized carbons (Fsp3) is 0.417. The highest BCUT2D eigenvalue weighted by Crippen LogP contribution is 2.10. The van der Waals surface area contributed by atoms with Crippen LogP contribution in [0.25, 0.3) is 0 Å². The van der Waals surface area contributed by atoms with Crippen molar-refractivity contribution >= 4 is 17.8 Å². The number of nitrogens with two attached hydrogens (primary N) is 1. The summed E-state index contributed by atoms with van der Waals surface area (Å²) in [5, 5.41) is 8.76. The topological polar surface area (TPSA) is 106 Å². The number of carbonyl (C=O) groups is 3. The molecule has 3 N–H and O–H groups in total. The molecule has 0 aliphatic rings. The molecule has 0 saturated carbocycles. The molecule has 0 spiro atoms. The van der Waals surface area contributed by atoms with Gasteiger partial charge in [0.2, 0.25) is 5.91 Å². The smallest absolute Gasteiger partial charge is 0.323 e. The van der Waals surface area contributed by atoms with Gasteiger partial charge in [0.15, 0.2) is 0 Å². The lowest BCUT2D eigenvalue weighted by Crippen LogP contribution is -2.43. The van der Waals surface area contributed by atoms with Crippen LogP contribution in [-0.4, -0.2) is 44.9 Å². The van der Waals surface area contributed by atoms with Crippen LogP contribution >= 0.6 is 0 Å². The number of aliphatic carboxylic acids is 1. The minimum atomic E-state index is -1.05. The van der Waals surface area contributed by atoms with Gasteiger partial charge in [0.1, 0.15) is 12.2 Å².